The van der Waals surface area contributed by atoms with Crippen molar-refractivity contribution in [3.05, 3.63) is 0 Å². The van der Waals surface area contributed by atoms with Crippen molar-refractivity contribution in [2.45, 2.75) is 51.2 Å². The quantitative estimate of drug-likeness (QED) is 0.633. The Bertz CT molecular complexity index is 173. The van der Waals surface area contributed by atoms with Crippen LogP contribution >= 0.6 is 0 Å². The zero-order valence-corrected chi connectivity index (χ0v) is 9.29. The third kappa shape index (κ3) is 3.23. The van der Waals surface area contributed by atoms with E-state index in [2.05, 4.69) is 12.2 Å². The van der Waals surface area contributed by atoms with Gasteiger partial charge in [-0.1, -0.05) is 19.8 Å². The molecule has 14 heavy (non-hydrogen) atoms. The fourth-order valence-corrected chi connectivity index (χ4v) is 2.38. The van der Waals surface area contributed by atoms with Gasteiger partial charge >= 0.3 is 0 Å². The Labute approximate surface area is 86.5 Å². The Morgan fingerprint density at radius 2 is 2.29 bits per heavy atom. The van der Waals surface area contributed by atoms with Crippen LogP contribution in [-0.2, 0) is 0 Å². The molecule has 0 amide bonds. The Balaban J connectivity index is 2.47. The van der Waals surface area contributed by atoms with Crippen molar-refractivity contribution >= 4 is 0 Å². The second-order valence-corrected chi connectivity index (χ2v) is 4.87. The van der Waals surface area contributed by atoms with Gasteiger partial charge in [0.1, 0.15) is 0 Å². The van der Waals surface area contributed by atoms with Crippen LogP contribution in [0.4, 0.5) is 0 Å². The molecule has 0 heterocycles. The minimum absolute atomic E-state index is 0.130. The molecule has 1 rings (SSSR count). The van der Waals surface area contributed by atoms with E-state index in [1.165, 1.54) is 12.8 Å². The average Bonchev–Trinajstić information content (AvgIpc) is 2.15. The predicted molar refractivity (Wildman–Crippen MR) is 57.1 cm³/mol. The van der Waals surface area contributed by atoms with Crippen LogP contribution in [0.25, 0.3) is 0 Å². The molecule has 1 aliphatic rings. The predicted octanol–water partition coefficient (Wildman–Crippen LogP) is 0.898. The summed E-state index contributed by atoms with van der Waals surface area (Å²) in [6, 6.07) is 0. The molecule has 3 nitrogen and oxygen atoms in total. The van der Waals surface area contributed by atoms with Gasteiger partial charge in [-0.05, 0) is 25.7 Å². The van der Waals surface area contributed by atoms with Crippen LogP contribution in [0.3, 0.4) is 0 Å². The summed E-state index contributed by atoms with van der Waals surface area (Å²) in [6.07, 6.45) is 4.15. The number of hydrogen-bond acceptors (Lipinski definition) is 3. The number of aliphatic hydroxyl groups excluding tert-OH is 2. The number of β-amino-alcohol motifs (C(OH)–C–C–N with tert-alkyl or cyclic N) is 1. The molecule has 3 N–H and O–H groups in total. The Hall–Kier alpha value is -0.120. The molecule has 0 aromatic rings. The van der Waals surface area contributed by atoms with E-state index in [1.54, 1.807) is 6.92 Å². The minimum Gasteiger partial charge on any atom is -0.394 e. The first-order chi connectivity index (χ1) is 6.58. The summed E-state index contributed by atoms with van der Waals surface area (Å²) in [7, 11) is 0. The first-order valence-corrected chi connectivity index (χ1v) is 5.62. The summed E-state index contributed by atoms with van der Waals surface area (Å²) >= 11 is 0. The second kappa shape index (κ2) is 5.10. The first kappa shape index (κ1) is 12.0. The molecule has 0 aromatic carbocycles. The molecule has 1 fully saturated rings. The molecule has 84 valence electrons. The lowest BCUT2D eigenvalue weighted by Crippen LogP contribution is -2.53. The van der Waals surface area contributed by atoms with Crippen LogP contribution < -0.4 is 5.32 Å². The van der Waals surface area contributed by atoms with E-state index in [0.29, 0.717) is 12.5 Å². The van der Waals surface area contributed by atoms with Gasteiger partial charge in [0.25, 0.3) is 0 Å². The molecule has 0 radical (unpaired) electrons. The molecular formula is C11H23NO2. The van der Waals surface area contributed by atoms with Crippen molar-refractivity contribution < 1.29 is 10.2 Å². The number of aliphatic hydroxyl groups is 2. The van der Waals surface area contributed by atoms with Crippen molar-refractivity contribution in [3.8, 4) is 0 Å². The molecule has 0 aliphatic heterocycles. The highest BCUT2D eigenvalue weighted by Gasteiger charge is 2.33. The SMILES string of the molecule is CC1CCCC(CO)(NC[C@H](C)O)C1. The van der Waals surface area contributed by atoms with Crippen molar-refractivity contribution in [2.75, 3.05) is 13.2 Å². The standard InChI is InChI=1S/C11H23NO2/c1-9-4-3-5-11(6-9,8-13)12-7-10(2)14/h9-10,12-14H,3-8H2,1-2H3/t9?,10-,11?/m0/s1. The largest absolute Gasteiger partial charge is 0.394 e. The topological polar surface area (TPSA) is 52.5 Å². The van der Waals surface area contributed by atoms with Crippen LogP contribution in [0.2, 0.25) is 0 Å². The van der Waals surface area contributed by atoms with Gasteiger partial charge in [-0.2, -0.15) is 0 Å². The van der Waals surface area contributed by atoms with Gasteiger partial charge in [-0.3, -0.25) is 0 Å². The maximum Gasteiger partial charge on any atom is 0.0636 e. The fourth-order valence-electron chi connectivity index (χ4n) is 2.38. The van der Waals surface area contributed by atoms with Gasteiger partial charge < -0.3 is 15.5 Å². The van der Waals surface area contributed by atoms with Crippen molar-refractivity contribution in [2.24, 2.45) is 5.92 Å². The number of nitrogens with one attached hydrogen (secondary N) is 1. The third-order valence-electron chi connectivity index (χ3n) is 3.17. The maximum atomic E-state index is 9.43. The summed E-state index contributed by atoms with van der Waals surface area (Å²) in [5.41, 5.74) is -0.130. The zero-order chi connectivity index (χ0) is 10.6. The van der Waals surface area contributed by atoms with Crippen LogP contribution in [0.15, 0.2) is 0 Å². The lowest BCUT2D eigenvalue weighted by Gasteiger charge is -2.40. The van der Waals surface area contributed by atoms with Crippen LogP contribution in [0.5, 0.6) is 0 Å². The smallest absolute Gasteiger partial charge is 0.0636 e. The monoisotopic (exact) mass is 201 g/mol. The zero-order valence-electron chi connectivity index (χ0n) is 9.29. The van der Waals surface area contributed by atoms with Gasteiger partial charge in [0, 0.05) is 12.1 Å². The average molecular weight is 201 g/mol. The van der Waals surface area contributed by atoms with E-state index in [0.717, 1.165) is 12.8 Å². The van der Waals surface area contributed by atoms with Gasteiger partial charge in [0.15, 0.2) is 0 Å². The number of hydrogen-bond donors (Lipinski definition) is 3. The molecule has 1 aliphatic carbocycles. The summed E-state index contributed by atoms with van der Waals surface area (Å²) < 4.78 is 0. The Morgan fingerprint density at radius 3 is 2.79 bits per heavy atom. The molecule has 3 heteroatoms. The van der Waals surface area contributed by atoms with E-state index in [9.17, 15) is 10.2 Å². The summed E-state index contributed by atoms with van der Waals surface area (Å²) in [6.45, 7) is 4.76. The van der Waals surface area contributed by atoms with Gasteiger partial charge in [0.05, 0.1) is 12.7 Å². The summed E-state index contributed by atoms with van der Waals surface area (Å²) in [5.74, 6) is 0.678. The van der Waals surface area contributed by atoms with Crippen molar-refractivity contribution in [1.29, 1.82) is 0 Å². The molecule has 0 saturated heterocycles. The lowest BCUT2D eigenvalue weighted by molar-refractivity contribution is 0.0827. The summed E-state index contributed by atoms with van der Waals surface area (Å²) in [4.78, 5) is 0. The van der Waals surface area contributed by atoms with Gasteiger partial charge in [0.2, 0.25) is 0 Å². The molecule has 0 bridgehead atoms. The summed E-state index contributed by atoms with van der Waals surface area (Å²) in [5, 5.41) is 22.0. The second-order valence-electron chi connectivity index (χ2n) is 4.87. The maximum absolute atomic E-state index is 9.43. The van der Waals surface area contributed by atoms with E-state index in [1.807, 2.05) is 0 Å². The molecule has 3 atom stereocenters. The van der Waals surface area contributed by atoms with Gasteiger partial charge in [-0.15, -0.1) is 0 Å². The Morgan fingerprint density at radius 1 is 1.57 bits per heavy atom. The van der Waals surface area contributed by atoms with Crippen molar-refractivity contribution in [3.63, 3.8) is 0 Å². The molecule has 1 saturated carbocycles. The number of rotatable bonds is 4. The third-order valence-corrected chi connectivity index (χ3v) is 3.17. The molecule has 0 aromatic heterocycles. The van der Waals surface area contributed by atoms with E-state index in [-0.39, 0.29) is 18.2 Å². The first-order valence-electron chi connectivity index (χ1n) is 5.62. The van der Waals surface area contributed by atoms with Crippen LogP contribution in [0, 0.1) is 5.92 Å². The van der Waals surface area contributed by atoms with Crippen molar-refractivity contribution in [1.82, 2.24) is 5.32 Å². The highest BCUT2D eigenvalue weighted by molar-refractivity contribution is 4.92. The molecular weight excluding hydrogens is 178 g/mol. The van der Waals surface area contributed by atoms with E-state index in [4.69, 9.17) is 0 Å². The normalized spacial score (nSPS) is 35.6. The van der Waals surface area contributed by atoms with Crippen LogP contribution in [-0.4, -0.2) is 35.0 Å². The fraction of sp³-hybridized carbons (Fsp3) is 1.00. The Kier molecular flexibility index (Phi) is 4.35. The van der Waals surface area contributed by atoms with Crippen LogP contribution in [0.1, 0.15) is 39.5 Å². The van der Waals surface area contributed by atoms with E-state index >= 15 is 0 Å². The van der Waals surface area contributed by atoms with Gasteiger partial charge in [-0.25, -0.2) is 0 Å². The highest BCUT2D eigenvalue weighted by atomic mass is 16.3. The highest BCUT2D eigenvalue weighted by Crippen LogP contribution is 2.31. The molecule has 0 spiro atoms. The van der Waals surface area contributed by atoms with E-state index < -0.39 is 0 Å². The minimum atomic E-state index is -0.337. The lowest BCUT2D eigenvalue weighted by atomic mass is 9.77. The molecule has 2 unspecified atom stereocenters.